The Bertz CT molecular complexity index is 1620. The molecule has 2 heteroatoms. The predicted molar refractivity (Wildman–Crippen MR) is 177 cm³/mol. The van der Waals surface area contributed by atoms with E-state index in [0.29, 0.717) is 0 Å². The summed E-state index contributed by atoms with van der Waals surface area (Å²) in [6, 6.07) is 52.7. The molecule has 6 aromatic carbocycles. The Balaban J connectivity index is 1.45. The minimum Gasteiger partial charge on any atom is -0.0686 e. The Labute approximate surface area is 246 Å². The first-order valence-corrected chi connectivity index (χ1v) is 14.5. The van der Waals surface area contributed by atoms with Crippen molar-refractivity contribution in [2.24, 2.45) is 0 Å². The van der Waals surface area contributed by atoms with Crippen LogP contribution in [0.25, 0.3) is 33.4 Å². The minimum atomic E-state index is 0.133. The lowest BCUT2D eigenvalue weighted by Crippen LogP contribution is -2.53. The van der Waals surface area contributed by atoms with E-state index >= 15 is 0 Å². The van der Waals surface area contributed by atoms with Crippen molar-refractivity contribution < 1.29 is 0 Å². The molecule has 40 heavy (non-hydrogen) atoms. The monoisotopic (exact) mass is 576 g/mol. The van der Waals surface area contributed by atoms with Crippen LogP contribution in [0.2, 0.25) is 0 Å². The molecule has 0 bridgehead atoms. The molecule has 0 N–H and O–H groups in total. The Morgan fingerprint density at radius 1 is 0.400 bits per heavy atom. The second kappa shape index (κ2) is 11.5. The minimum absolute atomic E-state index is 0.133. The molecule has 0 heterocycles. The van der Waals surface area contributed by atoms with Crippen LogP contribution < -0.4 is 16.4 Å². The fourth-order valence-electron chi connectivity index (χ4n) is 5.76. The third-order valence-corrected chi connectivity index (χ3v) is 8.29. The Morgan fingerprint density at radius 2 is 0.750 bits per heavy atom. The van der Waals surface area contributed by atoms with Gasteiger partial charge in [-0.15, -0.1) is 0 Å². The van der Waals surface area contributed by atoms with E-state index in [-0.39, 0.29) is 6.71 Å². The summed E-state index contributed by atoms with van der Waals surface area (Å²) >= 11 is 3.57. The molecule has 0 atom stereocenters. The molecule has 6 rings (SSSR count). The van der Waals surface area contributed by atoms with Crippen LogP contribution in [0.1, 0.15) is 11.1 Å². The van der Waals surface area contributed by atoms with Gasteiger partial charge in [-0.05, 0) is 59.4 Å². The average Bonchev–Trinajstić information content (AvgIpc) is 3.00. The highest BCUT2D eigenvalue weighted by molar-refractivity contribution is 9.10. The Hall–Kier alpha value is -4.14. The van der Waals surface area contributed by atoms with Gasteiger partial charge in [-0.1, -0.05) is 177 Å². The summed E-state index contributed by atoms with van der Waals surface area (Å²) in [5.41, 5.74) is 14.0. The molecule has 6 aromatic rings. The van der Waals surface area contributed by atoms with Crippen molar-refractivity contribution in [1.29, 1.82) is 0 Å². The Kier molecular flexibility index (Phi) is 7.53. The molecule has 0 aromatic heterocycles. The summed E-state index contributed by atoms with van der Waals surface area (Å²) in [6.07, 6.45) is 0. The highest BCUT2D eigenvalue weighted by atomic mass is 79.9. The van der Waals surface area contributed by atoms with Gasteiger partial charge in [-0.25, -0.2) is 0 Å². The molecule has 192 valence electrons. The summed E-state index contributed by atoms with van der Waals surface area (Å²) in [7, 11) is 0. The van der Waals surface area contributed by atoms with Crippen LogP contribution in [0.15, 0.2) is 150 Å². The van der Waals surface area contributed by atoms with Gasteiger partial charge >= 0.3 is 0 Å². The van der Waals surface area contributed by atoms with Gasteiger partial charge in [0.15, 0.2) is 0 Å². The summed E-state index contributed by atoms with van der Waals surface area (Å²) in [5, 5.41) is 0. The maximum atomic E-state index is 3.57. The normalized spacial score (nSPS) is 10.9. The highest BCUT2D eigenvalue weighted by Gasteiger charge is 2.26. The van der Waals surface area contributed by atoms with Gasteiger partial charge in [-0.2, -0.15) is 0 Å². The molecule has 0 fully saturated rings. The molecule has 0 saturated heterocycles. The second-order valence-electron chi connectivity index (χ2n) is 10.4. The SMILES string of the molecule is Cc1cc(-c2ccc(Br)cc2)cc(C)c1B(c1ccc(-c2ccccc2)cc1)c1ccc(-c2ccccc2)cc1. The van der Waals surface area contributed by atoms with Crippen LogP contribution in [0, 0.1) is 13.8 Å². The van der Waals surface area contributed by atoms with Crippen LogP contribution in [0.3, 0.4) is 0 Å². The Morgan fingerprint density at radius 3 is 1.18 bits per heavy atom. The van der Waals surface area contributed by atoms with Crippen molar-refractivity contribution in [3.05, 3.63) is 161 Å². The zero-order valence-corrected chi connectivity index (χ0v) is 24.4. The molecule has 0 aliphatic rings. The van der Waals surface area contributed by atoms with Crippen LogP contribution in [-0.4, -0.2) is 6.71 Å². The van der Waals surface area contributed by atoms with E-state index in [0.717, 1.165) is 4.47 Å². The van der Waals surface area contributed by atoms with E-state index < -0.39 is 0 Å². The lowest BCUT2D eigenvalue weighted by molar-refractivity contribution is 1.42. The number of halogens is 1. The lowest BCUT2D eigenvalue weighted by Gasteiger charge is -2.22. The number of aryl methyl sites for hydroxylation is 2. The van der Waals surface area contributed by atoms with E-state index in [2.05, 4.69) is 175 Å². The lowest BCUT2D eigenvalue weighted by atomic mass is 9.35. The first kappa shape index (κ1) is 26.1. The van der Waals surface area contributed by atoms with Crippen molar-refractivity contribution in [2.45, 2.75) is 13.8 Å². The van der Waals surface area contributed by atoms with E-state index in [4.69, 9.17) is 0 Å². The van der Waals surface area contributed by atoms with Crippen molar-refractivity contribution in [3.8, 4) is 33.4 Å². The predicted octanol–water partition coefficient (Wildman–Crippen LogP) is 8.58. The van der Waals surface area contributed by atoms with Gasteiger partial charge in [0.05, 0.1) is 0 Å². The van der Waals surface area contributed by atoms with Crippen molar-refractivity contribution in [2.75, 3.05) is 0 Å². The molecule has 0 aliphatic carbocycles. The zero-order valence-electron chi connectivity index (χ0n) is 22.8. The molecular formula is C38H30BBr. The van der Waals surface area contributed by atoms with Crippen molar-refractivity contribution in [3.63, 3.8) is 0 Å². The summed E-state index contributed by atoms with van der Waals surface area (Å²) in [4.78, 5) is 0. The van der Waals surface area contributed by atoms with Crippen molar-refractivity contribution >= 4 is 39.0 Å². The maximum Gasteiger partial charge on any atom is 0.241 e. The molecule has 0 unspecified atom stereocenters. The summed E-state index contributed by atoms with van der Waals surface area (Å²) < 4.78 is 1.10. The van der Waals surface area contributed by atoms with Gasteiger partial charge in [0.1, 0.15) is 0 Å². The van der Waals surface area contributed by atoms with Crippen LogP contribution >= 0.6 is 15.9 Å². The molecule has 0 radical (unpaired) electrons. The van der Waals surface area contributed by atoms with Crippen LogP contribution in [0.4, 0.5) is 0 Å². The fraction of sp³-hybridized carbons (Fsp3) is 0.0526. The molecular weight excluding hydrogens is 547 g/mol. The van der Waals surface area contributed by atoms with E-state index in [1.54, 1.807) is 0 Å². The first-order valence-electron chi connectivity index (χ1n) is 13.7. The molecule has 0 spiro atoms. The first-order chi connectivity index (χ1) is 19.6. The van der Waals surface area contributed by atoms with Gasteiger partial charge in [0.2, 0.25) is 6.71 Å². The van der Waals surface area contributed by atoms with Gasteiger partial charge < -0.3 is 0 Å². The topological polar surface area (TPSA) is 0 Å². The number of hydrogen-bond donors (Lipinski definition) is 0. The molecule has 0 amide bonds. The van der Waals surface area contributed by atoms with Gasteiger partial charge in [0.25, 0.3) is 0 Å². The molecule has 0 saturated carbocycles. The average molecular weight is 577 g/mol. The van der Waals surface area contributed by atoms with Gasteiger partial charge in [0, 0.05) is 4.47 Å². The zero-order chi connectivity index (χ0) is 27.5. The number of benzene rings is 6. The fourth-order valence-corrected chi connectivity index (χ4v) is 6.03. The number of hydrogen-bond acceptors (Lipinski definition) is 0. The van der Waals surface area contributed by atoms with Gasteiger partial charge in [-0.3, -0.25) is 0 Å². The molecule has 0 aliphatic heterocycles. The third-order valence-electron chi connectivity index (χ3n) is 7.76. The third kappa shape index (κ3) is 5.46. The maximum absolute atomic E-state index is 3.57. The highest BCUT2D eigenvalue weighted by Crippen LogP contribution is 2.25. The second-order valence-corrected chi connectivity index (χ2v) is 11.4. The largest absolute Gasteiger partial charge is 0.241 e. The van der Waals surface area contributed by atoms with E-state index in [1.807, 2.05) is 0 Å². The van der Waals surface area contributed by atoms with Crippen molar-refractivity contribution in [1.82, 2.24) is 0 Å². The quantitative estimate of drug-likeness (QED) is 0.174. The number of rotatable bonds is 6. The standard InChI is InChI=1S/C38H30BBr/c1-27-25-34(33-17-23-37(40)24-18-33)26-28(2)38(27)39(35-19-13-31(14-20-35)29-9-5-3-6-10-29)36-21-15-32(16-22-36)30-11-7-4-8-12-30/h3-26H,1-2H3. The van der Waals surface area contributed by atoms with E-state index in [1.165, 1.54) is 60.9 Å². The summed E-state index contributed by atoms with van der Waals surface area (Å²) in [6.45, 7) is 4.65. The molecule has 0 nitrogen and oxygen atoms in total. The van der Waals surface area contributed by atoms with Crippen LogP contribution in [0.5, 0.6) is 0 Å². The van der Waals surface area contributed by atoms with Crippen LogP contribution in [-0.2, 0) is 0 Å². The van der Waals surface area contributed by atoms with E-state index in [9.17, 15) is 0 Å². The summed E-state index contributed by atoms with van der Waals surface area (Å²) in [5.74, 6) is 0. The smallest absolute Gasteiger partial charge is 0.0686 e.